The van der Waals surface area contributed by atoms with Gasteiger partial charge >= 0.3 is 0 Å². The van der Waals surface area contributed by atoms with Crippen molar-refractivity contribution < 1.29 is 4.74 Å². The van der Waals surface area contributed by atoms with Crippen LogP contribution in [0.25, 0.3) is 10.2 Å². The average molecular weight is 479 g/mol. The fraction of sp³-hybridized carbons (Fsp3) is 0.500. The van der Waals surface area contributed by atoms with Crippen LogP contribution in [-0.4, -0.2) is 36.2 Å². The molecule has 0 amide bonds. The number of benzene rings is 1. The van der Waals surface area contributed by atoms with Crippen molar-refractivity contribution in [1.82, 2.24) is 15.6 Å². The molecule has 2 bridgehead atoms. The smallest absolute Gasteiger partial charge is 0.191 e. The molecule has 0 aliphatic carbocycles. The molecule has 4 rings (SSSR count). The van der Waals surface area contributed by atoms with Gasteiger partial charge in [0.2, 0.25) is 0 Å². The van der Waals surface area contributed by atoms with Gasteiger partial charge in [-0.1, -0.05) is 11.6 Å². The molecule has 0 radical (unpaired) electrons. The number of rotatable bonds is 3. The number of fused-ring (bicyclic) bond motifs is 3. The summed E-state index contributed by atoms with van der Waals surface area (Å²) in [6.45, 7) is 0.651. The lowest BCUT2D eigenvalue weighted by Gasteiger charge is -2.22. The van der Waals surface area contributed by atoms with Crippen LogP contribution in [0.3, 0.4) is 0 Å². The summed E-state index contributed by atoms with van der Waals surface area (Å²) in [5.74, 6) is 0.809. The largest absolute Gasteiger partial charge is 0.373 e. The van der Waals surface area contributed by atoms with Crippen molar-refractivity contribution in [1.29, 1.82) is 0 Å². The molecule has 2 fully saturated rings. The molecular weight excluding hydrogens is 459 g/mol. The summed E-state index contributed by atoms with van der Waals surface area (Å²) >= 11 is 7.69. The summed E-state index contributed by atoms with van der Waals surface area (Å²) in [5, 5.41) is 8.57. The third kappa shape index (κ3) is 3.79. The number of thiazole rings is 1. The van der Waals surface area contributed by atoms with Gasteiger partial charge in [-0.3, -0.25) is 4.99 Å². The highest BCUT2D eigenvalue weighted by Crippen LogP contribution is 2.34. The lowest BCUT2D eigenvalue weighted by molar-refractivity contribution is 0.0992. The van der Waals surface area contributed by atoms with E-state index >= 15 is 0 Å². The number of aliphatic imine (C=N–C) groups is 1. The number of nitrogens with one attached hydrogen (secondary N) is 2. The first-order valence-corrected chi connectivity index (χ1v) is 9.08. The minimum absolute atomic E-state index is 0. The molecule has 24 heavy (non-hydrogen) atoms. The van der Waals surface area contributed by atoms with Crippen LogP contribution in [0.5, 0.6) is 0 Å². The Bertz CT molecular complexity index is 753. The second kappa shape index (κ2) is 7.72. The van der Waals surface area contributed by atoms with Crippen LogP contribution < -0.4 is 10.6 Å². The predicted molar refractivity (Wildman–Crippen MR) is 110 cm³/mol. The zero-order chi connectivity index (χ0) is 15.8. The number of guanidine groups is 1. The van der Waals surface area contributed by atoms with Crippen LogP contribution in [0.1, 0.15) is 24.3 Å². The maximum absolute atomic E-state index is 6.01. The zero-order valence-electron chi connectivity index (χ0n) is 13.3. The molecule has 2 N–H and O–H groups in total. The molecule has 3 heterocycles. The first kappa shape index (κ1) is 18.2. The third-order valence-corrected chi connectivity index (χ3v) is 5.72. The minimum atomic E-state index is 0. The summed E-state index contributed by atoms with van der Waals surface area (Å²) in [6.07, 6.45) is 4.19. The minimum Gasteiger partial charge on any atom is -0.373 e. The molecule has 1 aromatic carbocycles. The van der Waals surface area contributed by atoms with Crippen molar-refractivity contribution in [3.8, 4) is 0 Å². The maximum atomic E-state index is 6.01. The lowest BCUT2D eigenvalue weighted by atomic mass is 9.96. The van der Waals surface area contributed by atoms with Crippen LogP contribution in [-0.2, 0) is 11.3 Å². The molecule has 8 heteroatoms. The van der Waals surface area contributed by atoms with Crippen LogP contribution >= 0.6 is 46.9 Å². The molecule has 1 aromatic heterocycles. The molecule has 0 spiro atoms. The predicted octanol–water partition coefficient (Wildman–Crippen LogP) is 3.55. The van der Waals surface area contributed by atoms with E-state index in [0.29, 0.717) is 24.8 Å². The van der Waals surface area contributed by atoms with E-state index in [-0.39, 0.29) is 24.0 Å². The average Bonchev–Trinajstić information content (AvgIpc) is 3.25. The van der Waals surface area contributed by atoms with Gasteiger partial charge in [-0.25, -0.2) is 4.98 Å². The topological polar surface area (TPSA) is 58.5 Å². The maximum Gasteiger partial charge on any atom is 0.191 e. The molecule has 0 saturated carbocycles. The molecule has 3 unspecified atom stereocenters. The summed E-state index contributed by atoms with van der Waals surface area (Å²) in [6, 6.07) is 6.18. The molecule has 2 saturated heterocycles. The van der Waals surface area contributed by atoms with E-state index in [1.807, 2.05) is 18.2 Å². The van der Waals surface area contributed by atoms with E-state index in [2.05, 4.69) is 20.6 Å². The molecule has 5 nitrogen and oxygen atoms in total. The normalized spacial score (nSPS) is 25.8. The Labute approximate surface area is 167 Å². The highest BCUT2D eigenvalue weighted by atomic mass is 127. The van der Waals surface area contributed by atoms with Crippen LogP contribution in [0.2, 0.25) is 5.02 Å². The van der Waals surface area contributed by atoms with Gasteiger partial charge < -0.3 is 15.4 Å². The zero-order valence-corrected chi connectivity index (χ0v) is 17.2. The number of nitrogens with zero attached hydrogens (tertiary/aromatic N) is 2. The van der Waals surface area contributed by atoms with Gasteiger partial charge in [0.05, 0.1) is 35.0 Å². The standard InChI is InChI=1S/C16H19ClN4OS.HI/c1-18-16(21-11-7-10-3-4-13(11)22-10)19-8-15-20-12-6-9(17)2-5-14(12)23-15;/h2,5-6,10-11,13H,3-4,7-8H2,1H3,(H2,18,19,21);1H. The van der Waals surface area contributed by atoms with E-state index < -0.39 is 0 Å². The van der Waals surface area contributed by atoms with Crippen molar-refractivity contribution >= 4 is 63.1 Å². The number of halogens is 2. The van der Waals surface area contributed by atoms with Gasteiger partial charge in [0, 0.05) is 12.1 Å². The van der Waals surface area contributed by atoms with Gasteiger partial charge in [0.15, 0.2) is 5.96 Å². The monoisotopic (exact) mass is 478 g/mol. The molecule has 2 aromatic rings. The fourth-order valence-electron chi connectivity index (χ4n) is 3.34. The molecular formula is C16H20ClIN4OS. The van der Waals surface area contributed by atoms with Crippen LogP contribution in [0.4, 0.5) is 0 Å². The molecule has 2 aliphatic rings. The van der Waals surface area contributed by atoms with Crippen molar-refractivity contribution in [2.45, 2.75) is 44.1 Å². The highest BCUT2D eigenvalue weighted by molar-refractivity contribution is 14.0. The van der Waals surface area contributed by atoms with E-state index in [1.54, 1.807) is 18.4 Å². The quantitative estimate of drug-likeness (QED) is 0.402. The SMILES string of the molecule is CN=C(NCc1nc2cc(Cl)ccc2s1)NC1CC2CCC1O2.I. The molecule has 3 atom stereocenters. The van der Waals surface area contributed by atoms with Crippen molar-refractivity contribution in [2.24, 2.45) is 4.99 Å². The second-order valence-corrected chi connectivity index (χ2v) is 7.56. The van der Waals surface area contributed by atoms with E-state index in [4.69, 9.17) is 16.3 Å². The van der Waals surface area contributed by atoms with Gasteiger partial charge in [-0.2, -0.15) is 0 Å². The summed E-state index contributed by atoms with van der Waals surface area (Å²) < 4.78 is 7.02. The Morgan fingerprint density at radius 2 is 2.33 bits per heavy atom. The Morgan fingerprint density at radius 1 is 1.46 bits per heavy atom. The Hall–Kier alpha value is -0.640. The van der Waals surface area contributed by atoms with E-state index in [1.165, 1.54) is 6.42 Å². The number of aromatic nitrogens is 1. The van der Waals surface area contributed by atoms with Crippen molar-refractivity contribution in [3.63, 3.8) is 0 Å². The number of ether oxygens (including phenoxy) is 1. The number of hydrogen-bond acceptors (Lipinski definition) is 4. The summed E-state index contributed by atoms with van der Waals surface area (Å²) in [4.78, 5) is 8.93. The fourth-order valence-corrected chi connectivity index (χ4v) is 4.40. The first-order valence-electron chi connectivity index (χ1n) is 7.89. The van der Waals surface area contributed by atoms with Gasteiger partial charge in [-0.05, 0) is 37.5 Å². The summed E-state index contributed by atoms with van der Waals surface area (Å²) in [5.41, 5.74) is 0.948. The number of hydrogen-bond donors (Lipinski definition) is 2. The van der Waals surface area contributed by atoms with Gasteiger partial charge in [0.25, 0.3) is 0 Å². The molecule has 130 valence electrons. The Kier molecular flexibility index (Phi) is 5.84. The van der Waals surface area contributed by atoms with E-state index in [9.17, 15) is 0 Å². The van der Waals surface area contributed by atoms with E-state index in [0.717, 1.165) is 39.0 Å². The van der Waals surface area contributed by atoms with Crippen molar-refractivity contribution in [3.05, 3.63) is 28.2 Å². The van der Waals surface area contributed by atoms with Crippen LogP contribution in [0.15, 0.2) is 23.2 Å². The lowest BCUT2D eigenvalue weighted by Crippen LogP contribution is -2.47. The Balaban J connectivity index is 0.00000169. The van der Waals surface area contributed by atoms with Gasteiger partial charge in [-0.15, -0.1) is 35.3 Å². The third-order valence-electron chi connectivity index (χ3n) is 4.45. The van der Waals surface area contributed by atoms with Crippen molar-refractivity contribution in [2.75, 3.05) is 7.05 Å². The second-order valence-electron chi connectivity index (χ2n) is 6.01. The Morgan fingerprint density at radius 3 is 3.04 bits per heavy atom. The molecule has 2 aliphatic heterocycles. The first-order chi connectivity index (χ1) is 11.2. The van der Waals surface area contributed by atoms with Crippen LogP contribution in [0, 0.1) is 0 Å². The van der Waals surface area contributed by atoms with Gasteiger partial charge in [0.1, 0.15) is 5.01 Å². The summed E-state index contributed by atoms with van der Waals surface area (Å²) in [7, 11) is 1.79. The highest BCUT2D eigenvalue weighted by Gasteiger charge is 2.41.